The third kappa shape index (κ3) is 3.23. The summed E-state index contributed by atoms with van der Waals surface area (Å²) in [5, 5.41) is 6.79. The van der Waals surface area contributed by atoms with Crippen molar-refractivity contribution < 1.29 is 4.79 Å². The summed E-state index contributed by atoms with van der Waals surface area (Å²) in [4.78, 5) is 17.7. The molecule has 0 bridgehead atoms. The number of nitrogen functional groups attached to an aromatic ring is 1. The highest BCUT2D eigenvalue weighted by Crippen LogP contribution is 2.30. The van der Waals surface area contributed by atoms with E-state index in [-0.39, 0.29) is 11.7 Å². The summed E-state index contributed by atoms with van der Waals surface area (Å²) in [6.07, 6.45) is 2.31. The van der Waals surface area contributed by atoms with E-state index in [9.17, 15) is 4.79 Å². The molecular weight excluding hydrogens is 316 g/mol. The van der Waals surface area contributed by atoms with Crippen LogP contribution in [0.5, 0.6) is 0 Å². The van der Waals surface area contributed by atoms with E-state index in [4.69, 9.17) is 17.3 Å². The monoisotopic (exact) mass is 328 g/mol. The van der Waals surface area contributed by atoms with E-state index in [2.05, 4.69) is 15.6 Å². The molecular formula is C12H13ClN4OS2. The first kappa shape index (κ1) is 13.7. The van der Waals surface area contributed by atoms with E-state index in [1.807, 2.05) is 12.1 Å². The van der Waals surface area contributed by atoms with Gasteiger partial charge < -0.3 is 16.4 Å². The predicted molar refractivity (Wildman–Crippen MR) is 83.7 cm³/mol. The number of thiazole rings is 1. The lowest BCUT2D eigenvalue weighted by molar-refractivity contribution is 0.0956. The number of aromatic nitrogens is 1. The fraction of sp³-hybridized carbons (Fsp3) is 0.333. The highest BCUT2D eigenvalue weighted by atomic mass is 35.5. The van der Waals surface area contributed by atoms with Gasteiger partial charge in [0, 0.05) is 10.9 Å². The first-order chi connectivity index (χ1) is 9.61. The maximum atomic E-state index is 12.1. The molecule has 0 spiro atoms. The van der Waals surface area contributed by atoms with Crippen LogP contribution in [0.3, 0.4) is 0 Å². The lowest BCUT2D eigenvalue weighted by Crippen LogP contribution is -2.22. The van der Waals surface area contributed by atoms with E-state index in [1.54, 1.807) is 0 Å². The first-order valence-corrected chi connectivity index (χ1v) is 8.18. The topological polar surface area (TPSA) is 80.0 Å². The van der Waals surface area contributed by atoms with Crippen molar-refractivity contribution in [3.8, 4) is 0 Å². The highest BCUT2D eigenvalue weighted by molar-refractivity contribution is 7.18. The summed E-state index contributed by atoms with van der Waals surface area (Å²) in [5.41, 5.74) is 5.79. The van der Waals surface area contributed by atoms with Gasteiger partial charge in [0.25, 0.3) is 5.91 Å². The first-order valence-electron chi connectivity index (χ1n) is 6.17. The Hall–Kier alpha value is -1.31. The zero-order valence-corrected chi connectivity index (χ0v) is 12.9. The van der Waals surface area contributed by atoms with Crippen LogP contribution in [0.2, 0.25) is 4.34 Å². The van der Waals surface area contributed by atoms with Gasteiger partial charge in [-0.15, -0.1) is 11.3 Å². The van der Waals surface area contributed by atoms with Gasteiger partial charge in [-0.25, -0.2) is 4.98 Å². The number of carbonyl (C=O) groups excluding carboxylic acids is 1. The van der Waals surface area contributed by atoms with E-state index in [0.29, 0.717) is 26.9 Å². The molecule has 0 atom stereocenters. The molecule has 0 saturated heterocycles. The summed E-state index contributed by atoms with van der Waals surface area (Å²) >= 11 is 8.59. The maximum absolute atomic E-state index is 12.1. The second kappa shape index (κ2) is 5.59. The van der Waals surface area contributed by atoms with Crippen LogP contribution in [0.25, 0.3) is 0 Å². The normalized spacial score (nSPS) is 14.2. The van der Waals surface area contributed by atoms with Crippen molar-refractivity contribution in [3.05, 3.63) is 26.2 Å². The Morgan fingerprint density at radius 2 is 2.25 bits per heavy atom. The molecule has 3 rings (SSSR count). The number of thiophene rings is 1. The van der Waals surface area contributed by atoms with Crippen LogP contribution in [-0.4, -0.2) is 16.9 Å². The van der Waals surface area contributed by atoms with Gasteiger partial charge in [-0.2, -0.15) is 0 Å². The van der Waals surface area contributed by atoms with Crippen LogP contribution in [0.15, 0.2) is 12.1 Å². The molecule has 1 saturated carbocycles. The summed E-state index contributed by atoms with van der Waals surface area (Å²) < 4.78 is 0.711. The third-order valence-electron chi connectivity index (χ3n) is 2.82. The molecule has 106 valence electrons. The molecule has 2 aromatic heterocycles. The lowest BCUT2D eigenvalue weighted by atomic mass is 10.4. The van der Waals surface area contributed by atoms with Crippen LogP contribution in [0.4, 0.5) is 10.9 Å². The number of hydrogen-bond donors (Lipinski definition) is 3. The van der Waals surface area contributed by atoms with Crippen molar-refractivity contribution in [2.75, 3.05) is 11.1 Å². The number of nitrogens with one attached hydrogen (secondary N) is 2. The van der Waals surface area contributed by atoms with Gasteiger partial charge in [-0.1, -0.05) is 22.9 Å². The summed E-state index contributed by atoms with van der Waals surface area (Å²) in [6, 6.07) is 4.19. The highest BCUT2D eigenvalue weighted by Gasteiger charge is 2.24. The summed E-state index contributed by atoms with van der Waals surface area (Å²) in [6.45, 7) is 0.443. The van der Waals surface area contributed by atoms with Crippen molar-refractivity contribution in [3.63, 3.8) is 0 Å². The van der Waals surface area contributed by atoms with Crippen molar-refractivity contribution in [2.45, 2.75) is 25.4 Å². The van der Waals surface area contributed by atoms with Gasteiger partial charge in [0.1, 0.15) is 10.7 Å². The molecule has 0 aliphatic heterocycles. The summed E-state index contributed by atoms with van der Waals surface area (Å²) in [5.74, 6) is 0.0771. The molecule has 20 heavy (non-hydrogen) atoms. The predicted octanol–water partition coefficient (Wildman–Crippen LogP) is 2.94. The Bertz CT molecular complexity index is 635. The fourth-order valence-electron chi connectivity index (χ4n) is 1.65. The number of anilines is 2. The molecule has 0 aromatic carbocycles. The van der Waals surface area contributed by atoms with E-state index < -0.39 is 0 Å². The van der Waals surface area contributed by atoms with Crippen LogP contribution in [0, 0.1) is 0 Å². The van der Waals surface area contributed by atoms with Crippen molar-refractivity contribution in [2.24, 2.45) is 0 Å². The number of amides is 1. The second-order valence-corrected chi connectivity index (χ2v) is 7.34. The summed E-state index contributed by atoms with van der Waals surface area (Å²) in [7, 11) is 0. The zero-order valence-electron chi connectivity index (χ0n) is 10.5. The Kier molecular flexibility index (Phi) is 3.82. The quantitative estimate of drug-likeness (QED) is 0.788. The second-order valence-electron chi connectivity index (χ2n) is 4.54. The van der Waals surface area contributed by atoms with Gasteiger partial charge in [-0.05, 0) is 25.0 Å². The molecule has 5 nitrogen and oxygen atoms in total. The minimum Gasteiger partial charge on any atom is -0.382 e. The zero-order chi connectivity index (χ0) is 14.1. The van der Waals surface area contributed by atoms with Crippen molar-refractivity contribution >= 4 is 51.1 Å². The lowest BCUT2D eigenvalue weighted by Gasteiger charge is -2.01. The number of nitrogens with zero attached hydrogens (tertiary/aromatic N) is 1. The largest absolute Gasteiger partial charge is 0.382 e. The maximum Gasteiger partial charge on any atom is 0.265 e. The number of rotatable bonds is 5. The van der Waals surface area contributed by atoms with Crippen LogP contribution in [0.1, 0.15) is 27.4 Å². The smallest absolute Gasteiger partial charge is 0.265 e. The van der Waals surface area contributed by atoms with E-state index in [1.165, 1.54) is 22.7 Å². The number of nitrogens with two attached hydrogens (primary N) is 1. The van der Waals surface area contributed by atoms with Gasteiger partial charge >= 0.3 is 0 Å². The number of carbonyl (C=O) groups is 1. The average molecular weight is 329 g/mol. The third-order valence-corrected chi connectivity index (χ3v) is 5.05. The molecule has 4 N–H and O–H groups in total. The van der Waals surface area contributed by atoms with E-state index >= 15 is 0 Å². The Labute approximate surface area is 129 Å². The van der Waals surface area contributed by atoms with Gasteiger partial charge in [0.05, 0.1) is 10.9 Å². The molecule has 1 amide bonds. The van der Waals surface area contributed by atoms with Gasteiger partial charge in [0.15, 0.2) is 5.13 Å². The van der Waals surface area contributed by atoms with Crippen LogP contribution in [-0.2, 0) is 6.54 Å². The Balaban J connectivity index is 1.62. The van der Waals surface area contributed by atoms with Gasteiger partial charge in [0.2, 0.25) is 0 Å². The minimum atomic E-state index is -0.201. The SMILES string of the molecule is Nc1nc(NC2CC2)sc1C(=O)NCc1ccc(Cl)s1. The van der Waals surface area contributed by atoms with Crippen LogP contribution >= 0.6 is 34.3 Å². The molecule has 1 aliphatic rings. The Morgan fingerprint density at radius 3 is 2.90 bits per heavy atom. The molecule has 8 heteroatoms. The molecule has 1 fully saturated rings. The Morgan fingerprint density at radius 1 is 1.45 bits per heavy atom. The van der Waals surface area contributed by atoms with E-state index in [0.717, 1.165) is 17.7 Å². The standard InChI is InChI=1S/C12H13ClN4OS2/c13-8-4-3-7(19-8)5-15-11(18)9-10(14)17-12(20-9)16-6-1-2-6/h3-4,6H,1-2,5,14H2,(H,15,18)(H,16,17). The number of hydrogen-bond acceptors (Lipinski definition) is 6. The molecule has 1 aliphatic carbocycles. The number of halogens is 1. The molecule has 2 aromatic rings. The van der Waals surface area contributed by atoms with Gasteiger partial charge in [-0.3, -0.25) is 4.79 Å². The average Bonchev–Trinajstić information content (AvgIpc) is 3.00. The molecule has 0 radical (unpaired) electrons. The minimum absolute atomic E-state index is 0.201. The fourth-order valence-corrected chi connectivity index (χ4v) is 3.56. The van der Waals surface area contributed by atoms with Crippen molar-refractivity contribution in [1.29, 1.82) is 0 Å². The molecule has 0 unspecified atom stereocenters. The van der Waals surface area contributed by atoms with Crippen molar-refractivity contribution in [1.82, 2.24) is 10.3 Å². The molecule has 2 heterocycles. The van der Waals surface area contributed by atoms with Crippen LogP contribution < -0.4 is 16.4 Å².